The fraction of sp³-hybridized carbons (Fsp3) is 0.286. The van der Waals surface area contributed by atoms with Gasteiger partial charge in [0.25, 0.3) is 0 Å². The summed E-state index contributed by atoms with van der Waals surface area (Å²) in [6.45, 7) is 3.22. The van der Waals surface area contributed by atoms with Gasteiger partial charge < -0.3 is 15.2 Å². The maximum absolute atomic E-state index is 13.5. The Morgan fingerprint density at radius 2 is 1.79 bits per heavy atom. The predicted octanol–water partition coefficient (Wildman–Crippen LogP) is 4.33. The van der Waals surface area contributed by atoms with Gasteiger partial charge in [-0.2, -0.15) is 13.2 Å². The maximum atomic E-state index is 13.5. The normalized spacial score (nSPS) is 17.2. The smallest absolute Gasteiger partial charge is 0.419 e. The number of carbonyl (C=O) groups is 1. The molecule has 0 aliphatic carbocycles. The standard InChI is InChI=1S/C21H20F3NO3/c1-12(2)27-19-14(9-6-10-15(19)21(22,23)24)17-18(26)16(28-20(17)25)11-13-7-4-3-5-8-13/h3-10,12,16H,11,25H2,1-2H3. The third-order valence-electron chi connectivity index (χ3n) is 4.26. The third kappa shape index (κ3) is 3.98. The third-order valence-corrected chi connectivity index (χ3v) is 4.26. The highest BCUT2D eigenvalue weighted by Gasteiger charge is 2.40. The van der Waals surface area contributed by atoms with Crippen molar-refractivity contribution < 1.29 is 27.4 Å². The van der Waals surface area contributed by atoms with E-state index in [1.165, 1.54) is 12.1 Å². The van der Waals surface area contributed by atoms with Gasteiger partial charge in [-0.3, -0.25) is 4.79 Å². The first-order valence-electron chi connectivity index (χ1n) is 8.80. The largest absolute Gasteiger partial charge is 0.490 e. The molecule has 0 saturated carbocycles. The second-order valence-electron chi connectivity index (χ2n) is 6.75. The fourth-order valence-electron chi connectivity index (χ4n) is 3.10. The zero-order chi connectivity index (χ0) is 20.5. The van der Waals surface area contributed by atoms with Gasteiger partial charge >= 0.3 is 6.18 Å². The Balaban J connectivity index is 2.00. The van der Waals surface area contributed by atoms with Gasteiger partial charge in [0.05, 0.1) is 17.2 Å². The quantitative estimate of drug-likeness (QED) is 0.824. The number of nitrogens with two attached hydrogens (primary N) is 1. The molecule has 0 aromatic heterocycles. The van der Waals surface area contributed by atoms with Gasteiger partial charge in [0.15, 0.2) is 12.0 Å². The summed E-state index contributed by atoms with van der Waals surface area (Å²) in [5.74, 6) is -1.08. The van der Waals surface area contributed by atoms with Crippen LogP contribution in [0, 0.1) is 0 Å². The van der Waals surface area contributed by atoms with Crippen LogP contribution in [-0.4, -0.2) is 18.0 Å². The van der Waals surface area contributed by atoms with Crippen molar-refractivity contribution in [2.45, 2.75) is 38.7 Å². The van der Waals surface area contributed by atoms with Crippen molar-refractivity contribution in [3.05, 3.63) is 71.1 Å². The summed E-state index contributed by atoms with van der Waals surface area (Å²) < 4.78 is 51.4. The maximum Gasteiger partial charge on any atom is 0.419 e. The number of ether oxygens (including phenoxy) is 2. The van der Waals surface area contributed by atoms with Crippen LogP contribution in [0.25, 0.3) is 5.57 Å². The molecule has 0 amide bonds. The minimum atomic E-state index is -4.64. The number of rotatable bonds is 5. The summed E-state index contributed by atoms with van der Waals surface area (Å²) in [5, 5.41) is 0. The molecule has 0 saturated heterocycles. The summed E-state index contributed by atoms with van der Waals surface area (Å²) in [6, 6.07) is 12.7. The zero-order valence-corrected chi connectivity index (χ0v) is 15.4. The number of carbonyl (C=O) groups excluding carboxylic acids is 1. The SMILES string of the molecule is CC(C)Oc1c(C2=C(N)OC(Cc3ccccc3)C2=O)cccc1C(F)(F)F. The number of hydrogen-bond donors (Lipinski definition) is 1. The monoisotopic (exact) mass is 391 g/mol. The first kappa shape index (κ1) is 19.8. The van der Waals surface area contributed by atoms with Crippen molar-refractivity contribution in [2.75, 3.05) is 0 Å². The van der Waals surface area contributed by atoms with Crippen molar-refractivity contribution in [2.24, 2.45) is 5.73 Å². The van der Waals surface area contributed by atoms with Gasteiger partial charge in [-0.25, -0.2) is 0 Å². The molecule has 0 bridgehead atoms. The Labute approximate surface area is 160 Å². The molecule has 1 aliphatic heterocycles. The first-order valence-corrected chi connectivity index (χ1v) is 8.80. The number of hydrogen-bond acceptors (Lipinski definition) is 4. The molecular formula is C21H20F3NO3. The molecule has 3 rings (SSSR count). The zero-order valence-electron chi connectivity index (χ0n) is 15.4. The van der Waals surface area contributed by atoms with Crippen LogP contribution in [0.5, 0.6) is 5.75 Å². The van der Waals surface area contributed by atoms with E-state index in [9.17, 15) is 18.0 Å². The van der Waals surface area contributed by atoms with Crippen LogP contribution < -0.4 is 10.5 Å². The van der Waals surface area contributed by atoms with Gasteiger partial charge in [-0.15, -0.1) is 0 Å². The molecule has 0 spiro atoms. The van der Waals surface area contributed by atoms with E-state index in [0.29, 0.717) is 0 Å². The molecule has 4 nitrogen and oxygen atoms in total. The molecule has 0 radical (unpaired) electrons. The Bertz CT molecular complexity index is 905. The van der Waals surface area contributed by atoms with E-state index in [4.69, 9.17) is 15.2 Å². The topological polar surface area (TPSA) is 61.6 Å². The second-order valence-corrected chi connectivity index (χ2v) is 6.75. The highest BCUT2D eigenvalue weighted by atomic mass is 19.4. The minimum Gasteiger partial charge on any atom is -0.490 e. The molecule has 2 aromatic carbocycles. The van der Waals surface area contributed by atoms with E-state index in [0.717, 1.165) is 11.6 Å². The van der Waals surface area contributed by atoms with E-state index in [1.807, 2.05) is 30.3 Å². The lowest BCUT2D eigenvalue weighted by molar-refractivity contribution is -0.139. The van der Waals surface area contributed by atoms with Crippen molar-refractivity contribution >= 4 is 11.4 Å². The Kier molecular flexibility index (Phi) is 5.36. The number of alkyl halides is 3. The lowest BCUT2D eigenvalue weighted by Crippen LogP contribution is -2.22. The summed E-state index contributed by atoms with van der Waals surface area (Å²) in [5.41, 5.74) is 5.71. The van der Waals surface area contributed by atoms with E-state index >= 15 is 0 Å². The van der Waals surface area contributed by atoms with Crippen molar-refractivity contribution in [1.29, 1.82) is 0 Å². The average Bonchev–Trinajstić information content (AvgIpc) is 2.88. The second kappa shape index (κ2) is 7.58. The first-order chi connectivity index (χ1) is 13.2. The van der Waals surface area contributed by atoms with E-state index in [2.05, 4.69) is 0 Å². The van der Waals surface area contributed by atoms with Gasteiger partial charge in [0.1, 0.15) is 5.75 Å². The number of benzene rings is 2. The molecule has 2 aromatic rings. The number of halogens is 3. The van der Waals surface area contributed by atoms with E-state index < -0.39 is 35.5 Å². The molecule has 1 unspecified atom stereocenters. The fourth-order valence-corrected chi connectivity index (χ4v) is 3.10. The highest BCUT2D eigenvalue weighted by Crippen LogP contribution is 2.43. The molecule has 148 valence electrons. The van der Waals surface area contributed by atoms with Crippen LogP contribution in [0.15, 0.2) is 54.4 Å². The minimum absolute atomic E-state index is 0.0124. The van der Waals surface area contributed by atoms with Gasteiger partial charge in [-0.1, -0.05) is 42.5 Å². The Morgan fingerprint density at radius 1 is 1.11 bits per heavy atom. The van der Waals surface area contributed by atoms with Crippen LogP contribution in [0.2, 0.25) is 0 Å². The molecule has 2 N–H and O–H groups in total. The number of para-hydroxylation sites is 1. The van der Waals surface area contributed by atoms with Crippen molar-refractivity contribution in [3.63, 3.8) is 0 Å². The summed E-state index contributed by atoms with van der Waals surface area (Å²) in [6.07, 6.45) is -5.79. The van der Waals surface area contributed by atoms with Gasteiger partial charge in [0.2, 0.25) is 5.78 Å². The van der Waals surface area contributed by atoms with E-state index in [-0.39, 0.29) is 23.4 Å². The van der Waals surface area contributed by atoms with Crippen molar-refractivity contribution in [3.8, 4) is 5.75 Å². The Hall–Kier alpha value is -2.96. The molecule has 0 fully saturated rings. The molecular weight excluding hydrogens is 371 g/mol. The van der Waals surface area contributed by atoms with Crippen LogP contribution in [0.4, 0.5) is 13.2 Å². The number of Topliss-reactive ketones (excluding diaryl/α,β-unsaturated/α-hetero) is 1. The van der Waals surface area contributed by atoms with Gasteiger partial charge in [-0.05, 0) is 25.5 Å². The molecule has 1 aliphatic rings. The molecule has 28 heavy (non-hydrogen) atoms. The lowest BCUT2D eigenvalue weighted by Gasteiger charge is -2.19. The van der Waals surface area contributed by atoms with Crippen LogP contribution in [-0.2, 0) is 22.1 Å². The van der Waals surface area contributed by atoms with Crippen molar-refractivity contribution in [1.82, 2.24) is 0 Å². The average molecular weight is 391 g/mol. The molecule has 1 heterocycles. The van der Waals surface area contributed by atoms with Crippen LogP contribution in [0.1, 0.15) is 30.5 Å². The van der Waals surface area contributed by atoms with Crippen LogP contribution >= 0.6 is 0 Å². The number of ketones is 1. The lowest BCUT2D eigenvalue weighted by atomic mass is 9.95. The van der Waals surface area contributed by atoms with E-state index in [1.54, 1.807) is 13.8 Å². The predicted molar refractivity (Wildman–Crippen MR) is 98.3 cm³/mol. The summed E-state index contributed by atoms with van der Waals surface area (Å²) >= 11 is 0. The molecule has 7 heteroatoms. The van der Waals surface area contributed by atoms with Gasteiger partial charge in [0, 0.05) is 12.0 Å². The Morgan fingerprint density at radius 3 is 2.39 bits per heavy atom. The highest BCUT2D eigenvalue weighted by molar-refractivity contribution is 6.25. The molecule has 1 atom stereocenters. The summed E-state index contributed by atoms with van der Waals surface area (Å²) in [7, 11) is 0. The summed E-state index contributed by atoms with van der Waals surface area (Å²) in [4.78, 5) is 12.9. The van der Waals surface area contributed by atoms with Crippen LogP contribution in [0.3, 0.4) is 0 Å².